The molecule has 1 rings (SSSR count). The van der Waals surface area contributed by atoms with Gasteiger partial charge in [-0.15, -0.1) is 6.58 Å². The molecule has 0 aliphatic rings. The first-order chi connectivity index (χ1) is 11.7. The fourth-order valence-corrected chi connectivity index (χ4v) is 1.78. The number of hydrogen-bond acceptors (Lipinski definition) is 4. The molecule has 136 valence electrons. The Morgan fingerprint density at radius 1 is 1.04 bits per heavy atom. The van der Waals surface area contributed by atoms with Crippen molar-refractivity contribution in [1.29, 1.82) is 0 Å². The fraction of sp³-hybridized carbons (Fsp3) is 0.389. The Labute approximate surface area is 147 Å². The van der Waals surface area contributed by atoms with Crippen LogP contribution in [0, 0.1) is 0 Å². The van der Waals surface area contributed by atoms with E-state index in [9.17, 15) is 14.4 Å². The monoisotopic (exact) mass is 347 g/mol. The number of hydrogen-bond donors (Lipinski definition) is 3. The summed E-state index contributed by atoms with van der Waals surface area (Å²) < 4.78 is 5.72. The first kappa shape index (κ1) is 20.2. The predicted octanol–water partition coefficient (Wildman–Crippen LogP) is 0.899. The Morgan fingerprint density at radius 2 is 1.64 bits per heavy atom. The summed E-state index contributed by atoms with van der Waals surface area (Å²) in [5.41, 5.74) is 0.621. The van der Waals surface area contributed by atoms with Gasteiger partial charge in [0.25, 0.3) is 0 Å². The van der Waals surface area contributed by atoms with Crippen LogP contribution >= 0.6 is 0 Å². The van der Waals surface area contributed by atoms with Gasteiger partial charge in [0.1, 0.15) is 11.4 Å². The van der Waals surface area contributed by atoms with E-state index >= 15 is 0 Å². The van der Waals surface area contributed by atoms with Gasteiger partial charge >= 0.3 is 11.8 Å². The molecule has 1 aromatic rings. The molecule has 3 amide bonds. The summed E-state index contributed by atoms with van der Waals surface area (Å²) in [6, 6.07) is 7.36. The van der Waals surface area contributed by atoms with Gasteiger partial charge in [0.15, 0.2) is 0 Å². The number of nitrogens with one attached hydrogen (secondary N) is 3. The average molecular weight is 347 g/mol. The van der Waals surface area contributed by atoms with Crippen molar-refractivity contribution in [3.63, 3.8) is 0 Å². The Bertz CT molecular complexity index is 618. The van der Waals surface area contributed by atoms with Crippen molar-refractivity contribution in [2.24, 2.45) is 0 Å². The molecule has 0 atom stereocenters. The molecule has 0 radical (unpaired) electrons. The Kier molecular flexibility index (Phi) is 7.65. The van der Waals surface area contributed by atoms with Gasteiger partial charge in [-0.1, -0.05) is 18.2 Å². The zero-order chi connectivity index (χ0) is 18.9. The lowest BCUT2D eigenvalue weighted by atomic mass is 10.1. The molecule has 0 heterocycles. The van der Waals surface area contributed by atoms with E-state index in [4.69, 9.17) is 4.74 Å². The van der Waals surface area contributed by atoms with Gasteiger partial charge in [-0.3, -0.25) is 14.4 Å². The van der Waals surface area contributed by atoms with Gasteiger partial charge < -0.3 is 20.7 Å². The molecule has 7 heteroatoms. The largest absolute Gasteiger partial charge is 0.488 e. The van der Waals surface area contributed by atoms with Crippen LogP contribution < -0.4 is 20.7 Å². The van der Waals surface area contributed by atoms with Crippen LogP contribution in [0.1, 0.15) is 26.3 Å². The summed E-state index contributed by atoms with van der Waals surface area (Å²) in [7, 11) is 0. The van der Waals surface area contributed by atoms with Crippen LogP contribution in [0.25, 0.3) is 0 Å². The van der Waals surface area contributed by atoms with E-state index < -0.39 is 11.8 Å². The molecule has 3 N–H and O–H groups in total. The van der Waals surface area contributed by atoms with Crippen molar-refractivity contribution in [1.82, 2.24) is 16.0 Å². The number of ether oxygens (including phenoxy) is 1. The van der Waals surface area contributed by atoms with Crippen LogP contribution in [0.15, 0.2) is 36.9 Å². The van der Waals surface area contributed by atoms with Crippen molar-refractivity contribution < 1.29 is 19.1 Å². The Balaban J connectivity index is 2.35. The van der Waals surface area contributed by atoms with E-state index in [0.717, 1.165) is 11.3 Å². The quantitative estimate of drug-likeness (QED) is 0.504. The highest BCUT2D eigenvalue weighted by molar-refractivity contribution is 6.35. The molecule has 0 saturated carbocycles. The second-order valence-corrected chi connectivity index (χ2v) is 6.32. The van der Waals surface area contributed by atoms with E-state index in [-0.39, 0.29) is 24.6 Å². The fourth-order valence-electron chi connectivity index (χ4n) is 1.78. The summed E-state index contributed by atoms with van der Waals surface area (Å²) in [4.78, 5) is 34.5. The maximum Gasteiger partial charge on any atom is 0.309 e. The molecule has 0 bridgehead atoms. The maximum atomic E-state index is 11.7. The molecule has 0 aliphatic carbocycles. The van der Waals surface area contributed by atoms with Crippen LogP contribution in [0.5, 0.6) is 5.75 Å². The van der Waals surface area contributed by atoms with Crippen molar-refractivity contribution in [2.75, 3.05) is 13.1 Å². The average Bonchev–Trinajstić information content (AvgIpc) is 2.55. The molecular formula is C18H25N3O4. The molecule has 0 saturated heterocycles. The summed E-state index contributed by atoms with van der Waals surface area (Å²) in [5, 5.41) is 7.23. The third-order valence-corrected chi connectivity index (χ3v) is 2.86. The molecule has 0 spiro atoms. The van der Waals surface area contributed by atoms with E-state index in [1.165, 1.54) is 6.08 Å². The van der Waals surface area contributed by atoms with Crippen LogP contribution in [-0.2, 0) is 20.9 Å². The maximum absolute atomic E-state index is 11.7. The minimum Gasteiger partial charge on any atom is -0.488 e. The van der Waals surface area contributed by atoms with Crippen molar-refractivity contribution in [3.8, 4) is 5.75 Å². The van der Waals surface area contributed by atoms with E-state index in [2.05, 4.69) is 22.5 Å². The molecule has 0 aliphatic heterocycles. The van der Waals surface area contributed by atoms with Gasteiger partial charge in [-0.2, -0.15) is 0 Å². The molecule has 0 aromatic heterocycles. The lowest BCUT2D eigenvalue weighted by molar-refractivity contribution is -0.139. The summed E-state index contributed by atoms with van der Waals surface area (Å²) >= 11 is 0. The number of carbonyl (C=O) groups excluding carboxylic acids is 3. The Hall–Kier alpha value is -2.83. The second kappa shape index (κ2) is 9.46. The lowest BCUT2D eigenvalue weighted by Crippen LogP contribution is -2.44. The summed E-state index contributed by atoms with van der Waals surface area (Å²) in [6.07, 6.45) is 1.45. The number of carbonyl (C=O) groups is 3. The van der Waals surface area contributed by atoms with Gasteiger partial charge in [0.2, 0.25) is 5.91 Å². The smallest absolute Gasteiger partial charge is 0.309 e. The predicted molar refractivity (Wildman–Crippen MR) is 94.9 cm³/mol. The van der Waals surface area contributed by atoms with E-state index in [0.29, 0.717) is 6.54 Å². The van der Waals surface area contributed by atoms with Crippen molar-refractivity contribution in [3.05, 3.63) is 42.5 Å². The van der Waals surface area contributed by atoms with Crippen molar-refractivity contribution >= 4 is 17.7 Å². The second-order valence-electron chi connectivity index (χ2n) is 6.32. The standard InChI is InChI=1S/C18H25N3O4/c1-5-10-19-16(23)17(24)21-12-15(22)20-11-13-6-8-14(9-7-13)25-18(2,3)4/h5-9H,1,10-12H2,2-4H3,(H,19,23)(H,20,22)(H,21,24). The molecule has 7 nitrogen and oxygen atoms in total. The normalized spacial score (nSPS) is 10.5. The highest BCUT2D eigenvalue weighted by Crippen LogP contribution is 2.18. The van der Waals surface area contributed by atoms with E-state index in [1.807, 2.05) is 45.0 Å². The molecule has 0 unspecified atom stereocenters. The minimum atomic E-state index is -0.860. The topological polar surface area (TPSA) is 96.5 Å². The van der Waals surface area contributed by atoms with Crippen LogP contribution in [0.4, 0.5) is 0 Å². The van der Waals surface area contributed by atoms with Crippen LogP contribution in [0.3, 0.4) is 0 Å². The van der Waals surface area contributed by atoms with E-state index in [1.54, 1.807) is 0 Å². The summed E-state index contributed by atoms with van der Waals surface area (Å²) in [6.45, 7) is 9.55. The third kappa shape index (κ3) is 8.55. The summed E-state index contributed by atoms with van der Waals surface area (Å²) in [5.74, 6) is -1.30. The van der Waals surface area contributed by atoms with Crippen LogP contribution in [0.2, 0.25) is 0 Å². The number of amides is 3. The zero-order valence-electron chi connectivity index (χ0n) is 14.8. The minimum absolute atomic E-state index is 0.188. The molecule has 1 aromatic carbocycles. The molecular weight excluding hydrogens is 322 g/mol. The third-order valence-electron chi connectivity index (χ3n) is 2.86. The molecule has 25 heavy (non-hydrogen) atoms. The lowest BCUT2D eigenvalue weighted by Gasteiger charge is -2.21. The molecule has 0 fully saturated rings. The SMILES string of the molecule is C=CCNC(=O)C(=O)NCC(=O)NCc1ccc(OC(C)(C)C)cc1. The first-order valence-electron chi connectivity index (χ1n) is 7.93. The first-order valence-corrected chi connectivity index (χ1v) is 7.93. The Morgan fingerprint density at radius 3 is 2.20 bits per heavy atom. The van der Waals surface area contributed by atoms with Gasteiger partial charge in [0, 0.05) is 13.1 Å². The van der Waals surface area contributed by atoms with Gasteiger partial charge in [0.05, 0.1) is 6.54 Å². The highest BCUT2D eigenvalue weighted by Gasteiger charge is 2.13. The highest BCUT2D eigenvalue weighted by atomic mass is 16.5. The van der Waals surface area contributed by atoms with Crippen molar-refractivity contribution in [2.45, 2.75) is 32.9 Å². The number of benzene rings is 1. The van der Waals surface area contributed by atoms with Gasteiger partial charge in [-0.05, 0) is 38.5 Å². The zero-order valence-corrected chi connectivity index (χ0v) is 14.8. The van der Waals surface area contributed by atoms with Gasteiger partial charge in [-0.25, -0.2) is 0 Å². The number of rotatable bonds is 7. The van der Waals surface area contributed by atoms with Crippen LogP contribution in [-0.4, -0.2) is 36.4 Å².